The minimum Gasteiger partial charge on any atom is -0.398 e. The fourth-order valence-corrected chi connectivity index (χ4v) is 2.74. The van der Waals surface area contributed by atoms with E-state index in [0.717, 1.165) is 0 Å². The first-order chi connectivity index (χ1) is 8.36. The van der Waals surface area contributed by atoms with E-state index < -0.39 is 10.0 Å². The quantitative estimate of drug-likeness (QED) is 0.775. The van der Waals surface area contributed by atoms with Crippen LogP contribution in [0, 0.1) is 0 Å². The highest BCUT2D eigenvalue weighted by Crippen LogP contribution is 2.22. The average molecular weight is 337 g/mol. The molecular weight excluding hydrogens is 320 g/mol. The van der Waals surface area contributed by atoms with Crippen LogP contribution in [0.5, 0.6) is 0 Å². The molecule has 102 valence electrons. The summed E-state index contributed by atoms with van der Waals surface area (Å²) >= 11 is 3.22. The predicted octanol–water partition coefficient (Wildman–Crippen LogP) is 1.73. The van der Waals surface area contributed by atoms with Crippen LogP contribution >= 0.6 is 15.9 Å². The van der Waals surface area contributed by atoms with Crippen molar-refractivity contribution >= 4 is 31.6 Å². The van der Waals surface area contributed by atoms with Gasteiger partial charge in [0.05, 0.1) is 11.0 Å². The number of halogens is 1. The first-order valence-corrected chi connectivity index (χ1v) is 7.80. The van der Waals surface area contributed by atoms with Crippen molar-refractivity contribution in [3.63, 3.8) is 0 Å². The van der Waals surface area contributed by atoms with Crippen LogP contribution in [-0.2, 0) is 14.8 Å². The summed E-state index contributed by atoms with van der Waals surface area (Å²) in [5.41, 5.74) is 6.04. The van der Waals surface area contributed by atoms with Crippen molar-refractivity contribution in [1.29, 1.82) is 0 Å². The molecule has 3 N–H and O–H groups in total. The standard InChI is InChI=1S/C11H17BrN2O3S/c1-3-17-8(2)7-14-18(15,16)9-4-5-10(12)11(13)6-9/h4-6,8,14H,3,7,13H2,1-2H3. The molecule has 0 spiro atoms. The highest BCUT2D eigenvalue weighted by Gasteiger charge is 2.16. The van der Waals surface area contributed by atoms with Gasteiger partial charge >= 0.3 is 0 Å². The first-order valence-electron chi connectivity index (χ1n) is 5.53. The van der Waals surface area contributed by atoms with Gasteiger partial charge < -0.3 is 10.5 Å². The van der Waals surface area contributed by atoms with E-state index in [1.54, 1.807) is 6.07 Å². The van der Waals surface area contributed by atoms with Crippen molar-refractivity contribution in [3.8, 4) is 0 Å². The summed E-state index contributed by atoms with van der Waals surface area (Å²) in [6, 6.07) is 4.52. The van der Waals surface area contributed by atoms with E-state index >= 15 is 0 Å². The molecule has 1 rings (SSSR count). The lowest BCUT2D eigenvalue weighted by Gasteiger charge is -2.13. The summed E-state index contributed by atoms with van der Waals surface area (Å²) in [7, 11) is -3.54. The Morgan fingerprint density at radius 1 is 1.50 bits per heavy atom. The molecule has 1 aromatic rings. The Labute approximate surface area is 116 Å². The molecule has 0 saturated carbocycles. The lowest BCUT2D eigenvalue weighted by atomic mass is 10.3. The van der Waals surface area contributed by atoms with Gasteiger partial charge in [-0.05, 0) is 48.0 Å². The molecule has 7 heteroatoms. The third kappa shape index (κ3) is 4.24. The van der Waals surface area contributed by atoms with Gasteiger partial charge in [0, 0.05) is 23.3 Å². The third-order valence-electron chi connectivity index (χ3n) is 2.29. The van der Waals surface area contributed by atoms with Gasteiger partial charge in [0.1, 0.15) is 0 Å². The second-order valence-electron chi connectivity index (χ2n) is 3.80. The molecule has 0 aliphatic rings. The van der Waals surface area contributed by atoms with E-state index in [9.17, 15) is 8.42 Å². The highest BCUT2D eigenvalue weighted by atomic mass is 79.9. The van der Waals surface area contributed by atoms with Crippen LogP contribution in [0.1, 0.15) is 13.8 Å². The number of hydrogen-bond acceptors (Lipinski definition) is 4. The summed E-state index contributed by atoms with van der Waals surface area (Å²) in [4.78, 5) is 0.145. The molecule has 1 atom stereocenters. The van der Waals surface area contributed by atoms with Crippen molar-refractivity contribution in [1.82, 2.24) is 4.72 Å². The molecule has 0 bridgehead atoms. The SMILES string of the molecule is CCOC(C)CNS(=O)(=O)c1ccc(Br)c(N)c1. The molecule has 1 aromatic carbocycles. The van der Waals surface area contributed by atoms with Gasteiger partial charge in [-0.1, -0.05) is 0 Å². The number of rotatable bonds is 6. The zero-order valence-corrected chi connectivity index (χ0v) is 12.7. The molecule has 5 nitrogen and oxygen atoms in total. The summed E-state index contributed by atoms with van der Waals surface area (Å²) in [6.07, 6.45) is -0.169. The van der Waals surface area contributed by atoms with E-state index in [4.69, 9.17) is 10.5 Å². The van der Waals surface area contributed by atoms with Crippen molar-refractivity contribution in [2.45, 2.75) is 24.8 Å². The summed E-state index contributed by atoms with van der Waals surface area (Å²) in [5.74, 6) is 0. The van der Waals surface area contributed by atoms with Crippen molar-refractivity contribution in [2.24, 2.45) is 0 Å². The van der Waals surface area contributed by atoms with Crippen LogP contribution in [-0.4, -0.2) is 27.7 Å². The van der Waals surface area contributed by atoms with E-state index in [2.05, 4.69) is 20.7 Å². The number of hydrogen-bond donors (Lipinski definition) is 2. The van der Waals surface area contributed by atoms with Crippen molar-refractivity contribution in [3.05, 3.63) is 22.7 Å². The van der Waals surface area contributed by atoms with E-state index in [0.29, 0.717) is 16.8 Å². The summed E-state index contributed by atoms with van der Waals surface area (Å²) < 4.78 is 32.3. The van der Waals surface area contributed by atoms with Crippen LogP contribution in [0.3, 0.4) is 0 Å². The molecule has 18 heavy (non-hydrogen) atoms. The monoisotopic (exact) mass is 336 g/mol. The van der Waals surface area contributed by atoms with Gasteiger partial charge in [-0.3, -0.25) is 0 Å². The van der Waals surface area contributed by atoms with Gasteiger partial charge in [-0.15, -0.1) is 0 Å². The Kier molecular flexibility index (Phi) is 5.58. The normalized spacial score (nSPS) is 13.5. The van der Waals surface area contributed by atoms with Gasteiger partial charge in [0.15, 0.2) is 0 Å². The number of ether oxygens (including phenoxy) is 1. The maximum absolute atomic E-state index is 12.0. The van der Waals surface area contributed by atoms with E-state index in [1.165, 1.54) is 12.1 Å². The number of sulfonamides is 1. The zero-order chi connectivity index (χ0) is 13.8. The Bertz CT molecular complexity index is 505. The van der Waals surface area contributed by atoms with Gasteiger partial charge in [-0.2, -0.15) is 0 Å². The topological polar surface area (TPSA) is 81.4 Å². The smallest absolute Gasteiger partial charge is 0.240 e. The first kappa shape index (κ1) is 15.4. The molecule has 0 aliphatic heterocycles. The maximum atomic E-state index is 12.0. The van der Waals surface area contributed by atoms with E-state index in [-0.39, 0.29) is 17.5 Å². The number of benzene rings is 1. The minimum absolute atomic E-state index is 0.145. The maximum Gasteiger partial charge on any atom is 0.240 e. The van der Waals surface area contributed by atoms with Crippen LogP contribution in [0.15, 0.2) is 27.6 Å². The highest BCUT2D eigenvalue weighted by molar-refractivity contribution is 9.10. The lowest BCUT2D eigenvalue weighted by Crippen LogP contribution is -2.32. The van der Waals surface area contributed by atoms with Crippen LogP contribution in [0.25, 0.3) is 0 Å². The summed E-state index contributed by atoms with van der Waals surface area (Å²) in [6.45, 7) is 4.45. The molecule has 0 heterocycles. The van der Waals surface area contributed by atoms with Crippen LogP contribution < -0.4 is 10.5 Å². The second kappa shape index (κ2) is 6.51. The van der Waals surface area contributed by atoms with E-state index in [1.807, 2.05) is 13.8 Å². The molecular formula is C11H17BrN2O3S. The predicted molar refractivity (Wildman–Crippen MR) is 74.8 cm³/mol. The fraction of sp³-hybridized carbons (Fsp3) is 0.455. The number of nitrogen functional groups attached to an aromatic ring is 1. The fourth-order valence-electron chi connectivity index (χ4n) is 1.34. The Hall–Kier alpha value is -0.630. The number of nitrogens with one attached hydrogen (secondary N) is 1. The van der Waals surface area contributed by atoms with Crippen LogP contribution in [0.4, 0.5) is 5.69 Å². The summed E-state index contributed by atoms with van der Waals surface area (Å²) in [5, 5.41) is 0. The van der Waals surface area contributed by atoms with Crippen LogP contribution in [0.2, 0.25) is 0 Å². The molecule has 0 saturated heterocycles. The molecule has 0 aliphatic carbocycles. The van der Waals surface area contributed by atoms with Gasteiger partial charge in [0.25, 0.3) is 0 Å². The molecule has 0 radical (unpaired) electrons. The molecule has 0 aromatic heterocycles. The molecule has 0 amide bonds. The van der Waals surface area contributed by atoms with Crippen molar-refractivity contribution in [2.75, 3.05) is 18.9 Å². The van der Waals surface area contributed by atoms with Gasteiger partial charge in [0.2, 0.25) is 10.0 Å². The Morgan fingerprint density at radius 2 is 2.17 bits per heavy atom. The largest absolute Gasteiger partial charge is 0.398 e. The Morgan fingerprint density at radius 3 is 2.72 bits per heavy atom. The van der Waals surface area contributed by atoms with Gasteiger partial charge in [-0.25, -0.2) is 13.1 Å². The molecule has 1 unspecified atom stereocenters. The average Bonchev–Trinajstić information content (AvgIpc) is 2.30. The third-order valence-corrected chi connectivity index (χ3v) is 4.43. The molecule has 0 fully saturated rings. The second-order valence-corrected chi connectivity index (χ2v) is 6.42. The minimum atomic E-state index is -3.54. The number of anilines is 1. The van der Waals surface area contributed by atoms with Crippen molar-refractivity contribution < 1.29 is 13.2 Å². The zero-order valence-electron chi connectivity index (χ0n) is 10.3. The lowest BCUT2D eigenvalue weighted by molar-refractivity contribution is 0.0799. The Balaban J connectivity index is 2.77. The number of nitrogens with two attached hydrogens (primary N) is 1.